The molecule has 1 amide bonds. The average Bonchev–Trinajstić information content (AvgIpc) is 2.89. The van der Waals surface area contributed by atoms with Gasteiger partial charge in [-0.25, -0.2) is 9.18 Å². The maximum Gasteiger partial charge on any atom is 0.415 e. The number of halogens is 1. The van der Waals surface area contributed by atoms with Gasteiger partial charge in [-0.3, -0.25) is 4.90 Å². The first-order chi connectivity index (χ1) is 16.5. The number of nitrogens with zero attached hydrogens (tertiary/aromatic N) is 2. The lowest BCUT2D eigenvalue weighted by Crippen LogP contribution is -2.65. The minimum absolute atomic E-state index is 0.0967. The summed E-state index contributed by atoms with van der Waals surface area (Å²) in [6, 6.07) is 26.9. The first-order valence-electron chi connectivity index (χ1n) is 12.2. The van der Waals surface area contributed by atoms with Crippen molar-refractivity contribution in [1.29, 1.82) is 0 Å². The van der Waals surface area contributed by atoms with Gasteiger partial charge in [0.15, 0.2) is 6.10 Å². The molecule has 3 aromatic carbocycles. The average molecular weight is 460 g/mol. The van der Waals surface area contributed by atoms with Crippen LogP contribution < -0.4 is 4.90 Å². The quantitative estimate of drug-likeness (QED) is 0.403. The van der Waals surface area contributed by atoms with Gasteiger partial charge < -0.3 is 9.22 Å². The Bertz CT molecular complexity index is 1100. The van der Waals surface area contributed by atoms with Crippen LogP contribution in [0.3, 0.4) is 0 Å². The molecule has 6 rings (SSSR count). The van der Waals surface area contributed by atoms with Gasteiger partial charge in [0.05, 0.1) is 19.6 Å². The van der Waals surface area contributed by atoms with E-state index in [1.165, 1.54) is 17.7 Å². The number of piperidine rings is 3. The van der Waals surface area contributed by atoms with Crippen LogP contribution in [0.25, 0.3) is 0 Å². The Morgan fingerprint density at radius 1 is 0.971 bits per heavy atom. The number of rotatable bonds is 6. The second kappa shape index (κ2) is 9.59. The highest BCUT2D eigenvalue weighted by atomic mass is 19.1. The van der Waals surface area contributed by atoms with Crippen molar-refractivity contribution >= 4 is 11.8 Å². The number of anilines is 1. The molecule has 0 N–H and O–H groups in total. The van der Waals surface area contributed by atoms with Crippen LogP contribution in [0.2, 0.25) is 0 Å². The molecule has 3 aliphatic rings. The Balaban J connectivity index is 1.35. The molecule has 0 aliphatic carbocycles. The maximum absolute atomic E-state index is 13.5. The van der Waals surface area contributed by atoms with E-state index in [1.54, 1.807) is 17.0 Å². The lowest BCUT2D eigenvalue weighted by atomic mass is 9.81. The highest BCUT2D eigenvalue weighted by Gasteiger charge is 2.50. The molecule has 0 radical (unpaired) electrons. The number of carbonyl (C=O) groups excluding carboxylic acids is 1. The molecule has 34 heavy (non-hydrogen) atoms. The predicted octanol–water partition coefficient (Wildman–Crippen LogP) is 6.34. The highest BCUT2D eigenvalue weighted by Crippen LogP contribution is 2.42. The van der Waals surface area contributed by atoms with Crippen LogP contribution in [0.5, 0.6) is 0 Å². The second-order valence-electron chi connectivity index (χ2n) is 9.74. The van der Waals surface area contributed by atoms with Crippen LogP contribution in [0.4, 0.5) is 14.9 Å². The van der Waals surface area contributed by atoms with Crippen LogP contribution >= 0.6 is 0 Å². The third-order valence-corrected chi connectivity index (χ3v) is 7.86. The Morgan fingerprint density at radius 2 is 1.59 bits per heavy atom. The van der Waals surface area contributed by atoms with E-state index in [-0.39, 0.29) is 18.0 Å². The maximum atomic E-state index is 13.5. The van der Waals surface area contributed by atoms with Gasteiger partial charge in [0, 0.05) is 30.0 Å². The van der Waals surface area contributed by atoms with Crippen LogP contribution in [-0.4, -0.2) is 36.3 Å². The van der Waals surface area contributed by atoms with Crippen LogP contribution in [0.1, 0.15) is 36.9 Å². The van der Waals surface area contributed by atoms with Crippen LogP contribution in [-0.2, 0) is 11.3 Å². The van der Waals surface area contributed by atoms with Crippen molar-refractivity contribution in [2.24, 2.45) is 5.92 Å². The minimum atomic E-state index is -0.334. The van der Waals surface area contributed by atoms with Gasteiger partial charge in [-0.1, -0.05) is 60.7 Å². The fourth-order valence-electron chi connectivity index (χ4n) is 5.73. The van der Waals surface area contributed by atoms with Gasteiger partial charge in [-0.15, -0.1) is 0 Å². The lowest BCUT2D eigenvalue weighted by molar-refractivity contribution is -0.972. The van der Waals surface area contributed by atoms with Gasteiger partial charge in [-0.2, -0.15) is 0 Å². The monoisotopic (exact) mass is 459 g/mol. The van der Waals surface area contributed by atoms with Gasteiger partial charge in [0.2, 0.25) is 0 Å². The van der Waals surface area contributed by atoms with Crippen molar-refractivity contribution in [3.63, 3.8) is 0 Å². The number of hydrogen-bond donors (Lipinski definition) is 0. The number of quaternary nitrogens is 1. The number of fused-ring (bicyclic) bond motifs is 3. The Hall–Kier alpha value is -3.18. The molecule has 2 atom stereocenters. The van der Waals surface area contributed by atoms with E-state index in [4.69, 9.17) is 4.74 Å². The lowest BCUT2D eigenvalue weighted by Gasteiger charge is -2.55. The molecule has 3 heterocycles. The number of amides is 1. The molecular formula is C29H32FN2O2+. The molecule has 5 heteroatoms. The summed E-state index contributed by atoms with van der Waals surface area (Å²) in [5.74, 6) is 0.127. The third-order valence-electron chi connectivity index (χ3n) is 7.86. The fourth-order valence-corrected chi connectivity index (χ4v) is 5.73. The smallest absolute Gasteiger partial charge is 0.415 e. The number of hydrogen-bond acceptors (Lipinski definition) is 2. The molecule has 2 bridgehead atoms. The topological polar surface area (TPSA) is 29.5 Å². The van der Waals surface area contributed by atoms with Crippen molar-refractivity contribution in [2.75, 3.05) is 24.5 Å². The van der Waals surface area contributed by atoms with E-state index in [9.17, 15) is 9.18 Å². The van der Waals surface area contributed by atoms with E-state index in [0.29, 0.717) is 18.5 Å². The molecule has 3 aromatic rings. The zero-order valence-corrected chi connectivity index (χ0v) is 19.6. The number of ether oxygens (including phenoxy) is 1. The largest absolute Gasteiger partial charge is 0.440 e. The normalized spacial score (nSPS) is 24.4. The number of benzene rings is 3. The Labute approximate surface area is 201 Å². The Morgan fingerprint density at radius 3 is 2.24 bits per heavy atom. The van der Waals surface area contributed by atoms with E-state index in [0.717, 1.165) is 48.2 Å². The van der Waals surface area contributed by atoms with E-state index < -0.39 is 0 Å². The molecule has 0 aromatic heterocycles. The highest BCUT2D eigenvalue weighted by molar-refractivity contribution is 5.87. The van der Waals surface area contributed by atoms with Crippen molar-refractivity contribution in [1.82, 2.24) is 0 Å². The Kier molecular flexibility index (Phi) is 6.38. The van der Waals surface area contributed by atoms with Gasteiger partial charge in [-0.05, 0) is 36.8 Å². The first-order valence-corrected chi connectivity index (χ1v) is 12.2. The van der Waals surface area contributed by atoms with Gasteiger partial charge in [0.1, 0.15) is 18.4 Å². The summed E-state index contributed by atoms with van der Waals surface area (Å²) >= 11 is 0. The molecule has 176 valence electrons. The molecule has 0 saturated carbocycles. The summed E-state index contributed by atoms with van der Waals surface area (Å²) in [4.78, 5) is 15.2. The summed E-state index contributed by atoms with van der Waals surface area (Å²) < 4.78 is 20.6. The summed E-state index contributed by atoms with van der Waals surface area (Å²) in [5, 5.41) is 0. The zero-order chi connectivity index (χ0) is 23.5. The molecule has 3 aliphatic heterocycles. The van der Waals surface area contributed by atoms with Crippen LogP contribution in [0.15, 0.2) is 84.9 Å². The minimum Gasteiger partial charge on any atom is -0.440 e. The standard InChI is InChI=1S/C29H32FN2O2/c1-22(24-8-4-2-5-9-24)32-18-16-25(17-19-32)28(21-32)34-29(33)31(27-10-6-3-7-11-27)20-23-12-14-26(30)15-13-23/h2-15,22,25,28H,16-21H2,1H3/q+1/t22?,25?,28-,32?/m0/s1. The van der Waals surface area contributed by atoms with E-state index in [1.807, 2.05) is 30.3 Å². The number of carbonyl (C=O) groups is 1. The summed E-state index contributed by atoms with van der Waals surface area (Å²) in [5.41, 5.74) is 2.98. The molecule has 1 unspecified atom stereocenters. The van der Waals surface area contributed by atoms with Crippen molar-refractivity contribution in [2.45, 2.75) is 38.5 Å². The van der Waals surface area contributed by atoms with Crippen molar-refractivity contribution in [3.8, 4) is 0 Å². The van der Waals surface area contributed by atoms with E-state index in [2.05, 4.69) is 37.3 Å². The predicted molar refractivity (Wildman–Crippen MR) is 132 cm³/mol. The molecule has 3 saturated heterocycles. The van der Waals surface area contributed by atoms with Crippen LogP contribution in [0, 0.1) is 11.7 Å². The first kappa shape index (κ1) is 22.6. The van der Waals surface area contributed by atoms with E-state index >= 15 is 0 Å². The summed E-state index contributed by atoms with van der Waals surface area (Å²) in [6.07, 6.45) is 1.73. The molecular weight excluding hydrogens is 427 g/mol. The summed E-state index contributed by atoms with van der Waals surface area (Å²) in [7, 11) is 0. The molecule has 0 spiro atoms. The molecule has 4 nitrogen and oxygen atoms in total. The van der Waals surface area contributed by atoms with Gasteiger partial charge in [0.25, 0.3) is 0 Å². The van der Waals surface area contributed by atoms with Crippen molar-refractivity contribution in [3.05, 3.63) is 102 Å². The third kappa shape index (κ3) is 4.58. The second-order valence-corrected chi connectivity index (χ2v) is 9.74. The SMILES string of the molecule is CC(c1ccccc1)[N+]12CCC(CC1)[C@@H](OC(=O)N(Cc1ccc(F)cc1)c1ccccc1)C2. The fraction of sp³-hybridized carbons (Fsp3) is 0.345. The van der Waals surface area contributed by atoms with Crippen molar-refractivity contribution < 1.29 is 18.4 Å². The number of para-hydroxylation sites is 1. The molecule has 3 fully saturated rings. The van der Waals surface area contributed by atoms with Gasteiger partial charge >= 0.3 is 6.09 Å². The zero-order valence-electron chi connectivity index (χ0n) is 19.6. The summed E-state index contributed by atoms with van der Waals surface area (Å²) in [6.45, 7) is 5.76.